The molecule has 2 aliphatic heterocycles. The minimum Gasteiger partial charge on any atom is -0.497 e. The number of carbonyl (C=O) groups excluding carboxylic acids is 2. The van der Waals surface area contributed by atoms with Crippen LogP contribution in [-0.4, -0.2) is 59.4 Å². The van der Waals surface area contributed by atoms with Gasteiger partial charge in [-0.1, -0.05) is 12.8 Å². The van der Waals surface area contributed by atoms with Gasteiger partial charge in [0.1, 0.15) is 5.75 Å². The number of hydrogen-bond donors (Lipinski definition) is 1. The van der Waals surface area contributed by atoms with Crippen molar-refractivity contribution in [3.63, 3.8) is 0 Å². The average Bonchev–Trinajstić information content (AvgIpc) is 3.48. The standard InChI is InChI=1S/C25H33N3O3/c1-31-19-9-10-23-22(15-19)17(16-26-23)14-18-6-4-11-27(18)12-5-13-28-24(29)20-7-2-3-8-21(20)25(28)30/h9-10,15-16,18,20-21,26H,2-8,11-14H2,1H3/t18-,20-,21-/m1/s1. The predicted molar refractivity (Wildman–Crippen MR) is 120 cm³/mol. The first-order chi connectivity index (χ1) is 15.2. The molecule has 166 valence electrons. The number of aromatic amines is 1. The topological polar surface area (TPSA) is 65.6 Å². The number of benzene rings is 1. The lowest BCUT2D eigenvalue weighted by atomic mass is 9.81. The Morgan fingerprint density at radius 1 is 1.03 bits per heavy atom. The van der Waals surface area contributed by atoms with Crippen LogP contribution >= 0.6 is 0 Å². The van der Waals surface area contributed by atoms with Crippen molar-refractivity contribution in [2.75, 3.05) is 26.7 Å². The van der Waals surface area contributed by atoms with Crippen molar-refractivity contribution < 1.29 is 14.3 Å². The molecule has 1 aromatic carbocycles. The number of likely N-dealkylation sites (tertiary alicyclic amines) is 2. The summed E-state index contributed by atoms with van der Waals surface area (Å²) in [5.41, 5.74) is 2.48. The van der Waals surface area contributed by atoms with Crippen LogP contribution in [0.1, 0.15) is 50.5 Å². The zero-order chi connectivity index (χ0) is 21.4. The maximum atomic E-state index is 12.7. The van der Waals surface area contributed by atoms with Crippen molar-refractivity contribution >= 4 is 22.7 Å². The molecule has 0 spiro atoms. The minimum absolute atomic E-state index is 0.0281. The van der Waals surface area contributed by atoms with E-state index in [1.54, 1.807) is 12.0 Å². The Labute approximate surface area is 183 Å². The molecule has 3 aliphatic rings. The van der Waals surface area contributed by atoms with Crippen LogP contribution in [0.15, 0.2) is 24.4 Å². The summed E-state index contributed by atoms with van der Waals surface area (Å²) in [5.74, 6) is 1.03. The molecule has 31 heavy (non-hydrogen) atoms. The highest BCUT2D eigenvalue weighted by Gasteiger charge is 2.47. The van der Waals surface area contributed by atoms with Crippen molar-refractivity contribution in [1.82, 2.24) is 14.8 Å². The molecule has 3 heterocycles. The Bertz CT molecular complexity index is 944. The molecule has 2 amide bonds. The Morgan fingerprint density at radius 3 is 2.55 bits per heavy atom. The summed E-state index contributed by atoms with van der Waals surface area (Å²) in [6.07, 6.45) is 10.4. The van der Waals surface area contributed by atoms with Gasteiger partial charge >= 0.3 is 0 Å². The first-order valence-corrected chi connectivity index (χ1v) is 11.9. The summed E-state index contributed by atoms with van der Waals surface area (Å²) in [6, 6.07) is 6.69. The van der Waals surface area contributed by atoms with Crippen molar-refractivity contribution in [3.8, 4) is 5.75 Å². The van der Waals surface area contributed by atoms with Crippen molar-refractivity contribution in [1.29, 1.82) is 0 Å². The van der Waals surface area contributed by atoms with Crippen LogP contribution in [0.2, 0.25) is 0 Å². The zero-order valence-electron chi connectivity index (χ0n) is 18.4. The molecule has 2 saturated heterocycles. The molecule has 2 aromatic rings. The summed E-state index contributed by atoms with van der Waals surface area (Å²) in [7, 11) is 1.71. The van der Waals surface area contributed by atoms with E-state index < -0.39 is 0 Å². The van der Waals surface area contributed by atoms with E-state index in [9.17, 15) is 9.59 Å². The molecule has 6 heteroatoms. The molecule has 3 atom stereocenters. The normalized spacial score (nSPS) is 26.7. The van der Waals surface area contributed by atoms with Crippen LogP contribution in [0.25, 0.3) is 10.9 Å². The number of nitrogens with one attached hydrogen (secondary N) is 1. The third-order valence-electron chi connectivity index (χ3n) is 7.69. The van der Waals surface area contributed by atoms with Gasteiger partial charge in [-0.25, -0.2) is 0 Å². The molecule has 6 nitrogen and oxygen atoms in total. The number of amides is 2. The fourth-order valence-corrected chi connectivity index (χ4v) is 6.01. The highest BCUT2D eigenvalue weighted by Crippen LogP contribution is 2.38. The number of nitrogens with zero attached hydrogens (tertiary/aromatic N) is 2. The second-order valence-corrected chi connectivity index (χ2v) is 9.44. The van der Waals surface area contributed by atoms with E-state index in [1.807, 2.05) is 6.07 Å². The quantitative estimate of drug-likeness (QED) is 0.689. The Kier molecular flexibility index (Phi) is 5.74. The molecule has 0 radical (unpaired) electrons. The van der Waals surface area contributed by atoms with Gasteiger partial charge in [0.15, 0.2) is 0 Å². The molecule has 0 unspecified atom stereocenters. The van der Waals surface area contributed by atoms with Gasteiger partial charge in [0.2, 0.25) is 11.8 Å². The minimum atomic E-state index is -0.0281. The summed E-state index contributed by atoms with van der Waals surface area (Å²) in [5, 5.41) is 1.24. The average molecular weight is 424 g/mol. The Balaban J connectivity index is 1.19. The van der Waals surface area contributed by atoms with Gasteiger partial charge in [-0.15, -0.1) is 0 Å². The summed E-state index contributed by atoms with van der Waals surface area (Å²) >= 11 is 0. The van der Waals surface area contributed by atoms with Gasteiger partial charge in [0.05, 0.1) is 18.9 Å². The zero-order valence-corrected chi connectivity index (χ0v) is 18.4. The molecule has 5 rings (SSSR count). The Morgan fingerprint density at radius 2 is 1.81 bits per heavy atom. The van der Waals surface area contributed by atoms with Gasteiger partial charge in [0, 0.05) is 36.2 Å². The molecular weight excluding hydrogens is 390 g/mol. The number of aromatic nitrogens is 1. The molecule has 0 bridgehead atoms. The molecule has 3 fully saturated rings. The maximum Gasteiger partial charge on any atom is 0.233 e. The lowest BCUT2D eigenvalue weighted by Crippen LogP contribution is -2.36. The van der Waals surface area contributed by atoms with Gasteiger partial charge in [-0.2, -0.15) is 0 Å². The van der Waals surface area contributed by atoms with Crippen LogP contribution in [0.5, 0.6) is 5.75 Å². The van der Waals surface area contributed by atoms with E-state index in [4.69, 9.17) is 4.74 Å². The third-order valence-corrected chi connectivity index (χ3v) is 7.69. The number of imide groups is 1. The van der Waals surface area contributed by atoms with E-state index in [0.29, 0.717) is 12.6 Å². The van der Waals surface area contributed by atoms with Gasteiger partial charge < -0.3 is 9.72 Å². The van der Waals surface area contributed by atoms with Gasteiger partial charge in [-0.3, -0.25) is 19.4 Å². The number of ether oxygens (including phenoxy) is 1. The number of H-pyrrole nitrogens is 1. The number of methoxy groups -OCH3 is 1. The molecule has 1 aliphatic carbocycles. The smallest absolute Gasteiger partial charge is 0.233 e. The van der Waals surface area contributed by atoms with E-state index >= 15 is 0 Å². The lowest BCUT2D eigenvalue weighted by molar-refractivity contribution is -0.140. The molecule has 1 saturated carbocycles. The number of hydrogen-bond acceptors (Lipinski definition) is 4. The van der Waals surface area contributed by atoms with Crippen LogP contribution in [-0.2, 0) is 16.0 Å². The maximum absolute atomic E-state index is 12.7. The first kappa shape index (κ1) is 20.6. The van der Waals surface area contributed by atoms with E-state index in [-0.39, 0.29) is 23.7 Å². The molecular formula is C25H33N3O3. The van der Waals surface area contributed by atoms with Crippen LogP contribution in [0.3, 0.4) is 0 Å². The van der Waals surface area contributed by atoms with E-state index in [2.05, 4.69) is 28.2 Å². The summed E-state index contributed by atoms with van der Waals surface area (Å²) < 4.78 is 5.41. The Hall–Kier alpha value is -2.34. The molecule has 1 N–H and O–H groups in total. The second-order valence-electron chi connectivity index (χ2n) is 9.44. The van der Waals surface area contributed by atoms with Crippen molar-refractivity contribution in [2.24, 2.45) is 11.8 Å². The largest absolute Gasteiger partial charge is 0.497 e. The highest BCUT2D eigenvalue weighted by atomic mass is 16.5. The van der Waals surface area contributed by atoms with Gasteiger partial charge in [-0.05, 0) is 68.8 Å². The number of rotatable bonds is 7. The number of carbonyl (C=O) groups is 2. The molecule has 1 aromatic heterocycles. The van der Waals surface area contributed by atoms with Crippen molar-refractivity contribution in [2.45, 2.75) is 57.4 Å². The summed E-state index contributed by atoms with van der Waals surface area (Å²) in [6.45, 7) is 2.63. The predicted octanol–water partition coefficient (Wildman–Crippen LogP) is 3.75. The van der Waals surface area contributed by atoms with Crippen LogP contribution in [0.4, 0.5) is 0 Å². The van der Waals surface area contributed by atoms with Crippen molar-refractivity contribution in [3.05, 3.63) is 30.0 Å². The van der Waals surface area contributed by atoms with E-state index in [0.717, 1.165) is 62.9 Å². The van der Waals surface area contributed by atoms with E-state index in [1.165, 1.54) is 23.8 Å². The first-order valence-electron chi connectivity index (χ1n) is 11.9. The van der Waals surface area contributed by atoms with Gasteiger partial charge in [0.25, 0.3) is 0 Å². The second kappa shape index (κ2) is 8.65. The SMILES string of the molecule is COc1ccc2[nH]cc(C[C@H]3CCCN3CCCN3C(=O)[C@@H]4CCCC[C@H]4C3=O)c2c1. The fourth-order valence-electron chi connectivity index (χ4n) is 6.01. The number of fused-ring (bicyclic) bond motifs is 2. The van der Waals surface area contributed by atoms with Crippen LogP contribution < -0.4 is 4.74 Å². The lowest BCUT2D eigenvalue weighted by Gasteiger charge is -2.25. The highest BCUT2D eigenvalue weighted by molar-refractivity contribution is 6.05. The van der Waals surface area contributed by atoms with Crippen LogP contribution in [0, 0.1) is 11.8 Å². The summed E-state index contributed by atoms with van der Waals surface area (Å²) in [4.78, 5) is 32.9. The third kappa shape index (κ3) is 3.86. The fraction of sp³-hybridized carbons (Fsp3) is 0.600. The monoisotopic (exact) mass is 423 g/mol.